The van der Waals surface area contributed by atoms with Crippen LogP contribution in [0.5, 0.6) is 0 Å². The molecule has 0 saturated carbocycles. The van der Waals surface area contributed by atoms with Crippen LogP contribution in [-0.2, 0) is 13.6 Å². The van der Waals surface area contributed by atoms with Crippen molar-refractivity contribution >= 4 is 20.4 Å². The van der Waals surface area contributed by atoms with E-state index in [4.69, 9.17) is 9.05 Å². The molecule has 212 valence electrons. The zero-order valence-corrected chi connectivity index (χ0v) is 25.7. The molecular weight excluding hydrogens is 486 g/mol. The summed E-state index contributed by atoms with van der Waals surface area (Å²) in [5.74, 6) is 0. The predicted molar refractivity (Wildman–Crippen MR) is 162 cm³/mol. The van der Waals surface area contributed by atoms with Crippen LogP contribution in [0.15, 0.2) is 30.3 Å². The Bertz CT molecular complexity index is 664. The van der Waals surface area contributed by atoms with E-state index in [2.05, 4.69) is 45.0 Å². The first-order valence-electron chi connectivity index (χ1n) is 15.2. The first-order valence-corrected chi connectivity index (χ1v) is 19.3. The molecular formula is C30H58O4P2. The number of hydrogen-bond acceptors (Lipinski definition) is 3. The number of phosphoric ester groups is 1. The molecule has 0 aliphatic carbocycles. The van der Waals surface area contributed by atoms with Crippen molar-refractivity contribution in [3.8, 4) is 0 Å². The summed E-state index contributed by atoms with van der Waals surface area (Å²) in [6.07, 6.45) is 24.0. The van der Waals surface area contributed by atoms with Crippen LogP contribution in [0.1, 0.15) is 124 Å². The van der Waals surface area contributed by atoms with E-state index in [0.29, 0.717) is 6.61 Å². The Balaban J connectivity index is 2.00. The maximum absolute atomic E-state index is 12.3. The Kier molecular flexibility index (Phi) is 20.3. The van der Waals surface area contributed by atoms with Gasteiger partial charge in [0.25, 0.3) is 0 Å². The van der Waals surface area contributed by atoms with Gasteiger partial charge >= 0.3 is 153 Å². The summed E-state index contributed by atoms with van der Waals surface area (Å²) < 4.78 is 22.9. The molecule has 1 aromatic rings. The van der Waals surface area contributed by atoms with Crippen molar-refractivity contribution < 1.29 is 18.5 Å². The molecule has 1 atom stereocenters. The van der Waals surface area contributed by atoms with Crippen molar-refractivity contribution in [2.75, 3.05) is 31.7 Å². The van der Waals surface area contributed by atoms with Gasteiger partial charge in [-0.1, -0.05) is 71.1 Å². The number of unbranched alkanes of at least 4 members (excludes halogenated alkanes) is 15. The van der Waals surface area contributed by atoms with E-state index in [0.717, 1.165) is 31.3 Å². The van der Waals surface area contributed by atoms with Crippen molar-refractivity contribution in [2.24, 2.45) is 0 Å². The van der Waals surface area contributed by atoms with Crippen LogP contribution >= 0.6 is 15.1 Å². The normalized spacial score (nSPS) is 14.1. The van der Waals surface area contributed by atoms with Crippen molar-refractivity contribution in [3.05, 3.63) is 30.3 Å². The maximum atomic E-state index is 12.3. The van der Waals surface area contributed by atoms with E-state index in [-0.39, 0.29) is 6.61 Å². The van der Waals surface area contributed by atoms with Crippen molar-refractivity contribution in [3.63, 3.8) is 0 Å². The van der Waals surface area contributed by atoms with Crippen LogP contribution in [0.2, 0.25) is 0 Å². The Labute approximate surface area is 224 Å². The molecule has 0 amide bonds. The molecule has 6 heteroatoms. The van der Waals surface area contributed by atoms with Gasteiger partial charge in [0.2, 0.25) is 0 Å². The second-order valence-corrected chi connectivity index (χ2v) is 17.0. The quantitative estimate of drug-likeness (QED) is 0.0984. The summed E-state index contributed by atoms with van der Waals surface area (Å²) in [6, 6.07) is 10.6. The van der Waals surface area contributed by atoms with Crippen LogP contribution < -0.4 is 5.30 Å². The fourth-order valence-corrected chi connectivity index (χ4v) is 9.80. The molecule has 0 bridgehead atoms. The van der Waals surface area contributed by atoms with Crippen molar-refractivity contribution in [2.45, 2.75) is 124 Å². The van der Waals surface area contributed by atoms with Gasteiger partial charge < -0.3 is 0 Å². The van der Waals surface area contributed by atoms with Gasteiger partial charge in [0.1, 0.15) is 0 Å². The first kappa shape index (κ1) is 33.8. The molecule has 0 aliphatic heterocycles. The fourth-order valence-electron chi connectivity index (χ4n) is 5.17. The third kappa shape index (κ3) is 15.9. The van der Waals surface area contributed by atoms with Crippen LogP contribution in [0.25, 0.3) is 0 Å². The summed E-state index contributed by atoms with van der Waals surface area (Å²) in [5, 5.41) is 1.40. The Hall–Kier alpha value is -0.240. The van der Waals surface area contributed by atoms with E-state index in [9.17, 15) is 9.46 Å². The third-order valence-corrected chi connectivity index (χ3v) is 14.3. The van der Waals surface area contributed by atoms with Crippen molar-refractivity contribution in [1.29, 1.82) is 0 Å². The molecule has 1 aromatic carbocycles. The molecule has 36 heavy (non-hydrogen) atoms. The Morgan fingerprint density at radius 2 is 1.06 bits per heavy atom. The summed E-state index contributed by atoms with van der Waals surface area (Å²) in [6.45, 7) is 7.33. The summed E-state index contributed by atoms with van der Waals surface area (Å²) in [5.41, 5.74) is 0. The Morgan fingerprint density at radius 3 is 1.50 bits per heavy atom. The van der Waals surface area contributed by atoms with Gasteiger partial charge in [0.15, 0.2) is 0 Å². The fraction of sp³-hybridized carbons (Fsp3) is 0.800. The minimum absolute atomic E-state index is 0.287. The third-order valence-electron chi connectivity index (χ3n) is 7.83. The molecule has 0 radical (unpaired) electrons. The molecule has 1 unspecified atom stereocenters. The molecule has 0 spiro atoms. The molecule has 0 aromatic heterocycles. The second kappa shape index (κ2) is 21.7. The standard InChI is InChI=1S/C30H58O4P2/c1-4-7-8-9-10-11-12-13-14-15-16-17-18-19-20-24-27-33-36(31,32)34-28-29-35(5-2,6-3)30-25-22-21-23-26-30/h21-23,25-26,35H,4-20,24,27-29H2,1-3H3,(H,31,32). The summed E-state index contributed by atoms with van der Waals surface area (Å²) in [7, 11) is -5.67. The first-order chi connectivity index (χ1) is 17.5. The Morgan fingerprint density at radius 1 is 0.639 bits per heavy atom. The predicted octanol–water partition coefficient (Wildman–Crippen LogP) is 9.50. The summed E-state index contributed by atoms with van der Waals surface area (Å²) >= 11 is 0. The van der Waals surface area contributed by atoms with Gasteiger partial charge in [-0.25, -0.2) is 0 Å². The number of phosphoric acid groups is 1. The van der Waals surface area contributed by atoms with E-state index in [1.54, 1.807) is 0 Å². The van der Waals surface area contributed by atoms with Crippen LogP contribution in [0.4, 0.5) is 0 Å². The topological polar surface area (TPSA) is 55.8 Å². The molecule has 4 nitrogen and oxygen atoms in total. The van der Waals surface area contributed by atoms with Gasteiger partial charge in [0, 0.05) is 0 Å². The number of hydrogen-bond donors (Lipinski definition) is 1. The van der Waals surface area contributed by atoms with E-state index < -0.39 is 15.1 Å². The summed E-state index contributed by atoms with van der Waals surface area (Å²) in [4.78, 5) is 10.1. The van der Waals surface area contributed by atoms with Gasteiger partial charge in [-0.05, 0) is 0 Å². The molecule has 0 heterocycles. The van der Waals surface area contributed by atoms with E-state index in [1.807, 2.05) is 6.07 Å². The monoisotopic (exact) mass is 544 g/mol. The molecule has 1 N–H and O–H groups in total. The molecule has 0 aliphatic rings. The number of benzene rings is 1. The second-order valence-electron chi connectivity index (χ2n) is 10.5. The van der Waals surface area contributed by atoms with Crippen LogP contribution in [0, 0.1) is 0 Å². The zero-order chi connectivity index (χ0) is 26.4. The zero-order valence-electron chi connectivity index (χ0n) is 23.9. The van der Waals surface area contributed by atoms with E-state index >= 15 is 0 Å². The average Bonchev–Trinajstić information content (AvgIpc) is 2.89. The van der Waals surface area contributed by atoms with Crippen LogP contribution in [0.3, 0.4) is 0 Å². The number of rotatable bonds is 25. The van der Waals surface area contributed by atoms with E-state index in [1.165, 1.54) is 95.2 Å². The minimum atomic E-state index is -3.96. The molecule has 0 saturated heterocycles. The van der Waals surface area contributed by atoms with Gasteiger partial charge in [-0.3, -0.25) is 0 Å². The molecule has 1 rings (SSSR count). The average molecular weight is 545 g/mol. The SMILES string of the molecule is CCCCCCCCCCCCCCCCCCOP(=O)(O)OCC[PH](CC)(CC)c1ccccc1. The van der Waals surface area contributed by atoms with Crippen LogP contribution in [-0.4, -0.2) is 36.6 Å². The molecule has 0 fully saturated rings. The van der Waals surface area contributed by atoms with Gasteiger partial charge in [-0.2, -0.15) is 0 Å². The van der Waals surface area contributed by atoms with Gasteiger partial charge in [-0.15, -0.1) is 0 Å². The van der Waals surface area contributed by atoms with Gasteiger partial charge in [0.05, 0.1) is 0 Å². The van der Waals surface area contributed by atoms with Crippen molar-refractivity contribution in [1.82, 2.24) is 0 Å².